The van der Waals surface area contributed by atoms with Crippen LogP contribution in [-0.2, 0) is 4.57 Å². The minimum atomic E-state index is -2.76. The van der Waals surface area contributed by atoms with Crippen molar-refractivity contribution in [2.24, 2.45) is 0 Å². The Hall–Kier alpha value is -3.62. The van der Waals surface area contributed by atoms with E-state index in [0.29, 0.717) is 34.2 Å². The van der Waals surface area contributed by atoms with E-state index < -0.39 is 13.0 Å². The van der Waals surface area contributed by atoms with Crippen molar-refractivity contribution in [1.82, 2.24) is 19.9 Å². The van der Waals surface area contributed by atoms with Crippen molar-refractivity contribution in [3.8, 4) is 5.75 Å². The van der Waals surface area contributed by atoms with Gasteiger partial charge in [-0.05, 0) is 70.6 Å². The number of ether oxygens (including phenoxy) is 1. The van der Waals surface area contributed by atoms with Gasteiger partial charge in [0.2, 0.25) is 5.95 Å². The van der Waals surface area contributed by atoms with Crippen LogP contribution in [0.5, 0.6) is 5.75 Å². The lowest BCUT2D eigenvalue weighted by Crippen LogP contribution is -2.44. The summed E-state index contributed by atoms with van der Waals surface area (Å²) >= 11 is 0. The van der Waals surface area contributed by atoms with E-state index in [4.69, 9.17) is 9.72 Å². The number of nitrogens with one attached hydrogen (secondary N) is 3. The van der Waals surface area contributed by atoms with Gasteiger partial charge in [0.15, 0.2) is 0 Å². The Bertz CT molecular complexity index is 1530. The molecule has 1 saturated heterocycles. The zero-order chi connectivity index (χ0) is 27.7. The van der Waals surface area contributed by atoms with E-state index in [1.807, 2.05) is 26.0 Å². The van der Waals surface area contributed by atoms with Crippen LogP contribution in [0.15, 0.2) is 48.7 Å². The van der Waals surface area contributed by atoms with Crippen LogP contribution >= 0.6 is 7.14 Å². The highest BCUT2D eigenvalue weighted by Gasteiger charge is 2.20. The van der Waals surface area contributed by atoms with Crippen LogP contribution in [0, 0.1) is 5.82 Å². The van der Waals surface area contributed by atoms with Crippen molar-refractivity contribution in [2.45, 2.75) is 20.0 Å². The van der Waals surface area contributed by atoms with Gasteiger partial charge >= 0.3 is 0 Å². The number of benzene rings is 2. The molecular weight excluding hydrogens is 516 g/mol. The van der Waals surface area contributed by atoms with Crippen LogP contribution in [-0.4, -0.2) is 72.5 Å². The SMILES string of the molecule is CC(C)Oc1cc(N2CCN(C)CC2)ccc1Nc1nc(Nc2ccc(F)cc2P(C)(C)=O)c2cc[nH]c2n1. The van der Waals surface area contributed by atoms with Crippen LogP contribution in [0.4, 0.5) is 33.2 Å². The number of anilines is 5. The quantitative estimate of drug-likeness (QED) is 0.252. The molecule has 0 amide bonds. The van der Waals surface area contributed by atoms with Crippen LogP contribution in [0.1, 0.15) is 13.8 Å². The second-order valence-electron chi connectivity index (χ2n) is 10.5. The van der Waals surface area contributed by atoms with Gasteiger partial charge in [0.25, 0.3) is 0 Å². The predicted molar refractivity (Wildman–Crippen MR) is 158 cm³/mol. The molecule has 1 fully saturated rings. The maximum Gasteiger partial charge on any atom is 0.231 e. The number of rotatable bonds is 8. The Balaban J connectivity index is 1.49. The largest absolute Gasteiger partial charge is 0.489 e. The fourth-order valence-corrected chi connectivity index (χ4v) is 5.77. The van der Waals surface area contributed by atoms with Gasteiger partial charge in [0, 0.05) is 49.4 Å². The first-order valence-electron chi connectivity index (χ1n) is 13.1. The second kappa shape index (κ2) is 10.9. The number of hydrogen-bond donors (Lipinski definition) is 3. The molecule has 2 aromatic carbocycles. The maximum atomic E-state index is 14.0. The van der Waals surface area contributed by atoms with Crippen molar-refractivity contribution in [3.05, 3.63) is 54.5 Å². The number of likely N-dealkylation sites (N-methyl/N-ethyl adjacent to an activating group) is 1. The van der Waals surface area contributed by atoms with Gasteiger partial charge in [-0.3, -0.25) is 0 Å². The highest BCUT2D eigenvalue weighted by Crippen LogP contribution is 2.39. The number of piperazine rings is 1. The van der Waals surface area contributed by atoms with Crippen LogP contribution in [0.3, 0.4) is 0 Å². The lowest BCUT2D eigenvalue weighted by molar-refractivity contribution is 0.243. The predicted octanol–water partition coefficient (Wildman–Crippen LogP) is 5.37. The normalized spacial score (nSPS) is 14.7. The molecule has 0 spiro atoms. The molecule has 0 unspecified atom stereocenters. The molecule has 0 atom stereocenters. The molecule has 11 heteroatoms. The van der Waals surface area contributed by atoms with Crippen LogP contribution < -0.4 is 25.6 Å². The van der Waals surface area contributed by atoms with Crippen LogP contribution in [0.25, 0.3) is 11.0 Å². The van der Waals surface area contributed by atoms with Gasteiger partial charge in [-0.1, -0.05) is 0 Å². The number of H-pyrrole nitrogens is 1. The molecule has 1 aliphatic rings. The van der Waals surface area contributed by atoms with Gasteiger partial charge in [-0.15, -0.1) is 0 Å². The molecule has 3 N–H and O–H groups in total. The van der Waals surface area contributed by atoms with E-state index in [2.05, 4.69) is 49.6 Å². The molecule has 4 aromatic rings. The zero-order valence-electron chi connectivity index (χ0n) is 23.0. The number of hydrogen-bond acceptors (Lipinski definition) is 8. The Kier molecular flexibility index (Phi) is 7.51. The lowest BCUT2D eigenvalue weighted by Gasteiger charge is -2.34. The first-order valence-corrected chi connectivity index (χ1v) is 15.7. The molecule has 0 bridgehead atoms. The molecule has 0 saturated carbocycles. The smallest absolute Gasteiger partial charge is 0.231 e. The minimum Gasteiger partial charge on any atom is -0.489 e. The van der Waals surface area contributed by atoms with Gasteiger partial charge in [0.05, 0.1) is 22.9 Å². The molecule has 5 rings (SSSR count). The zero-order valence-corrected chi connectivity index (χ0v) is 23.8. The van der Waals surface area contributed by atoms with Gasteiger partial charge < -0.3 is 34.7 Å². The van der Waals surface area contributed by atoms with E-state index >= 15 is 0 Å². The van der Waals surface area contributed by atoms with Gasteiger partial charge in [0.1, 0.15) is 30.2 Å². The van der Waals surface area contributed by atoms with Gasteiger partial charge in [-0.2, -0.15) is 9.97 Å². The molecule has 3 heterocycles. The summed E-state index contributed by atoms with van der Waals surface area (Å²) in [5.74, 6) is 1.14. The van der Waals surface area contributed by atoms with E-state index in [0.717, 1.165) is 42.9 Å². The highest BCUT2D eigenvalue weighted by molar-refractivity contribution is 7.70. The minimum absolute atomic E-state index is 0.0204. The third-order valence-corrected chi connectivity index (χ3v) is 8.18. The summed E-state index contributed by atoms with van der Waals surface area (Å²) in [5, 5.41) is 7.78. The Morgan fingerprint density at radius 1 is 1.00 bits per heavy atom. The Morgan fingerprint density at radius 3 is 2.46 bits per heavy atom. The maximum absolute atomic E-state index is 14.0. The highest BCUT2D eigenvalue weighted by atomic mass is 31.2. The first kappa shape index (κ1) is 27.0. The van der Waals surface area contributed by atoms with Crippen molar-refractivity contribution in [3.63, 3.8) is 0 Å². The number of nitrogens with zero attached hydrogens (tertiary/aromatic N) is 4. The number of aromatic nitrogens is 3. The number of fused-ring (bicyclic) bond motifs is 1. The van der Waals surface area contributed by atoms with Gasteiger partial charge in [-0.25, -0.2) is 4.39 Å². The van der Waals surface area contributed by atoms with E-state index in [9.17, 15) is 8.96 Å². The molecular formula is C28H35FN7O2P. The topological polar surface area (TPSA) is 98.4 Å². The summed E-state index contributed by atoms with van der Waals surface area (Å²) in [5.41, 5.74) is 3.01. The summed E-state index contributed by atoms with van der Waals surface area (Å²) in [7, 11) is -0.624. The number of aromatic amines is 1. The third-order valence-electron chi connectivity index (χ3n) is 6.65. The average molecular weight is 552 g/mol. The molecule has 39 heavy (non-hydrogen) atoms. The van der Waals surface area contributed by atoms with E-state index in [-0.39, 0.29) is 6.10 Å². The standard InChI is InChI=1S/C28H35FN7O2P/c1-18(2)38-24-17-20(36-14-12-35(3)13-15-36)7-9-22(24)32-28-33-26-21(10-11-30-26)27(34-28)31-23-8-6-19(29)16-25(23)39(4,5)37/h6-11,16-18H,12-15H2,1-5H3,(H3,30,31,32,33,34). The first-order chi connectivity index (χ1) is 18.6. The summed E-state index contributed by atoms with van der Waals surface area (Å²) in [6.45, 7) is 11.2. The van der Waals surface area contributed by atoms with Crippen molar-refractivity contribution >= 4 is 52.3 Å². The molecule has 206 valence electrons. The Labute approximate surface area is 228 Å². The van der Waals surface area contributed by atoms with Crippen LogP contribution in [0.2, 0.25) is 0 Å². The Morgan fingerprint density at radius 2 is 1.74 bits per heavy atom. The molecule has 1 aliphatic heterocycles. The lowest BCUT2D eigenvalue weighted by atomic mass is 10.2. The summed E-state index contributed by atoms with van der Waals surface area (Å²) in [4.78, 5) is 17.2. The molecule has 2 aromatic heterocycles. The number of halogens is 1. The fourth-order valence-electron chi connectivity index (χ4n) is 4.62. The fraction of sp³-hybridized carbons (Fsp3) is 0.357. The molecule has 9 nitrogen and oxygen atoms in total. The summed E-state index contributed by atoms with van der Waals surface area (Å²) in [6, 6.07) is 12.2. The third kappa shape index (κ3) is 6.18. The average Bonchev–Trinajstić information content (AvgIpc) is 3.35. The van der Waals surface area contributed by atoms with E-state index in [1.54, 1.807) is 25.6 Å². The molecule has 0 aliphatic carbocycles. The van der Waals surface area contributed by atoms with Crippen molar-refractivity contribution < 1.29 is 13.7 Å². The monoisotopic (exact) mass is 551 g/mol. The summed E-state index contributed by atoms with van der Waals surface area (Å²) < 4.78 is 33.1. The second-order valence-corrected chi connectivity index (χ2v) is 13.7. The summed E-state index contributed by atoms with van der Waals surface area (Å²) in [6.07, 6.45) is 1.76. The van der Waals surface area contributed by atoms with E-state index in [1.165, 1.54) is 12.1 Å². The van der Waals surface area contributed by atoms with Crippen molar-refractivity contribution in [2.75, 3.05) is 62.1 Å². The molecule has 0 radical (unpaired) electrons. The van der Waals surface area contributed by atoms with Crippen molar-refractivity contribution in [1.29, 1.82) is 0 Å².